The Morgan fingerprint density at radius 3 is 2.12 bits per heavy atom. The second-order valence-corrected chi connectivity index (χ2v) is 9.96. The van der Waals surface area contributed by atoms with Crippen molar-refractivity contribution in [2.45, 2.75) is 110 Å². The SMILES string of the molecule is CCCCCCc1ccc(-c2ccc(CCC3CCC(CCCCC)CC3)cc2F)nn1. The van der Waals surface area contributed by atoms with E-state index >= 15 is 0 Å². The van der Waals surface area contributed by atoms with Gasteiger partial charge in [-0.2, -0.15) is 10.2 Å². The molecule has 176 valence electrons. The Bertz CT molecular complexity index is 778. The van der Waals surface area contributed by atoms with Crippen LogP contribution in [0, 0.1) is 17.7 Å². The van der Waals surface area contributed by atoms with Gasteiger partial charge in [-0.25, -0.2) is 4.39 Å². The Morgan fingerprint density at radius 1 is 0.750 bits per heavy atom. The van der Waals surface area contributed by atoms with E-state index in [9.17, 15) is 4.39 Å². The summed E-state index contributed by atoms with van der Waals surface area (Å²) in [5.74, 6) is 1.60. The number of unbranched alkanes of at least 4 members (excludes halogenated alkanes) is 5. The minimum Gasteiger partial charge on any atom is -0.206 e. The van der Waals surface area contributed by atoms with E-state index in [2.05, 4.69) is 30.1 Å². The van der Waals surface area contributed by atoms with E-state index in [0.717, 1.165) is 42.4 Å². The monoisotopic (exact) mass is 438 g/mol. The van der Waals surface area contributed by atoms with Gasteiger partial charge in [-0.05, 0) is 67.3 Å². The topological polar surface area (TPSA) is 25.8 Å². The van der Waals surface area contributed by atoms with Crippen LogP contribution in [0.3, 0.4) is 0 Å². The number of hydrogen-bond donors (Lipinski definition) is 0. The first kappa shape index (κ1) is 24.9. The molecule has 1 aliphatic rings. The third-order valence-corrected chi connectivity index (χ3v) is 7.34. The molecule has 0 aliphatic heterocycles. The quantitative estimate of drug-likeness (QED) is 0.292. The predicted molar refractivity (Wildman–Crippen MR) is 133 cm³/mol. The maximum atomic E-state index is 14.8. The normalized spacial score (nSPS) is 18.7. The molecule has 32 heavy (non-hydrogen) atoms. The molecule has 2 nitrogen and oxygen atoms in total. The molecule has 1 aromatic carbocycles. The zero-order valence-electron chi connectivity index (χ0n) is 20.4. The molecule has 3 heteroatoms. The van der Waals surface area contributed by atoms with Crippen molar-refractivity contribution < 1.29 is 4.39 Å². The fraction of sp³-hybridized carbons (Fsp3) is 0.655. The van der Waals surface area contributed by atoms with Gasteiger partial charge in [0, 0.05) is 5.56 Å². The van der Waals surface area contributed by atoms with E-state index in [1.807, 2.05) is 18.2 Å². The zero-order valence-corrected chi connectivity index (χ0v) is 20.4. The molecule has 0 unspecified atom stereocenters. The smallest absolute Gasteiger partial charge is 0.132 e. The third kappa shape index (κ3) is 7.98. The van der Waals surface area contributed by atoms with Crippen molar-refractivity contribution in [3.8, 4) is 11.3 Å². The fourth-order valence-electron chi connectivity index (χ4n) is 5.15. The molecular weight excluding hydrogens is 395 g/mol. The molecule has 1 aromatic heterocycles. The van der Waals surface area contributed by atoms with E-state index < -0.39 is 0 Å². The van der Waals surface area contributed by atoms with Gasteiger partial charge < -0.3 is 0 Å². The summed E-state index contributed by atoms with van der Waals surface area (Å²) in [6.45, 7) is 4.50. The molecule has 1 aliphatic carbocycles. The molecule has 0 spiro atoms. The van der Waals surface area contributed by atoms with Gasteiger partial charge in [-0.1, -0.05) is 90.5 Å². The van der Waals surface area contributed by atoms with Crippen molar-refractivity contribution in [3.63, 3.8) is 0 Å². The lowest BCUT2D eigenvalue weighted by atomic mass is 9.78. The van der Waals surface area contributed by atoms with Crippen LogP contribution in [0.15, 0.2) is 30.3 Å². The van der Waals surface area contributed by atoms with Crippen molar-refractivity contribution >= 4 is 0 Å². The highest BCUT2D eigenvalue weighted by Crippen LogP contribution is 2.34. The molecule has 0 N–H and O–H groups in total. The highest BCUT2D eigenvalue weighted by atomic mass is 19.1. The number of aryl methyl sites for hydroxylation is 2. The van der Waals surface area contributed by atoms with E-state index in [1.54, 1.807) is 6.07 Å². The number of nitrogens with zero attached hydrogens (tertiary/aromatic N) is 2. The third-order valence-electron chi connectivity index (χ3n) is 7.34. The lowest BCUT2D eigenvalue weighted by molar-refractivity contribution is 0.249. The Labute approximate surface area is 195 Å². The van der Waals surface area contributed by atoms with Gasteiger partial charge in [0.1, 0.15) is 5.82 Å². The molecule has 0 saturated heterocycles. The van der Waals surface area contributed by atoms with Crippen LogP contribution in [0.25, 0.3) is 11.3 Å². The Morgan fingerprint density at radius 2 is 1.47 bits per heavy atom. The number of hydrogen-bond acceptors (Lipinski definition) is 2. The molecule has 0 atom stereocenters. The summed E-state index contributed by atoms with van der Waals surface area (Å²) < 4.78 is 14.8. The second kappa shape index (κ2) is 13.7. The summed E-state index contributed by atoms with van der Waals surface area (Å²) in [5, 5.41) is 8.63. The van der Waals surface area contributed by atoms with E-state index in [4.69, 9.17) is 0 Å². The minimum absolute atomic E-state index is 0.174. The van der Waals surface area contributed by atoms with Gasteiger partial charge in [-0.3, -0.25) is 0 Å². The average Bonchev–Trinajstić information content (AvgIpc) is 2.82. The second-order valence-electron chi connectivity index (χ2n) is 9.96. The lowest BCUT2D eigenvalue weighted by Gasteiger charge is -2.28. The molecule has 1 saturated carbocycles. The summed E-state index contributed by atoms with van der Waals surface area (Å²) in [4.78, 5) is 0. The van der Waals surface area contributed by atoms with Gasteiger partial charge in [0.2, 0.25) is 0 Å². The first-order chi connectivity index (χ1) is 15.7. The first-order valence-electron chi connectivity index (χ1n) is 13.3. The van der Waals surface area contributed by atoms with Gasteiger partial charge >= 0.3 is 0 Å². The lowest BCUT2D eigenvalue weighted by Crippen LogP contribution is -2.15. The van der Waals surface area contributed by atoms with Gasteiger partial charge in [-0.15, -0.1) is 0 Å². The van der Waals surface area contributed by atoms with Gasteiger partial charge in [0.05, 0.1) is 11.4 Å². The Kier molecular flexibility index (Phi) is 10.6. The zero-order chi connectivity index (χ0) is 22.6. The fourth-order valence-corrected chi connectivity index (χ4v) is 5.15. The first-order valence-corrected chi connectivity index (χ1v) is 13.3. The standard InChI is InChI=1S/C29H43FN2/c1-3-5-7-9-11-26-19-21-29(32-31-26)27-20-18-25(22-28(27)30)17-16-24-14-12-23(13-15-24)10-8-6-4-2/h18-24H,3-17H2,1-2H3. The average molecular weight is 439 g/mol. The van der Waals surface area contributed by atoms with Crippen LogP contribution < -0.4 is 0 Å². The Balaban J connectivity index is 1.45. The molecule has 1 heterocycles. The highest BCUT2D eigenvalue weighted by Gasteiger charge is 2.20. The van der Waals surface area contributed by atoms with Crippen molar-refractivity contribution in [1.29, 1.82) is 0 Å². The van der Waals surface area contributed by atoms with E-state index in [0.29, 0.717) is 11.3 Å². The molecule has 0 amide bonds. The van der Waals surface area contributed by atoms with Crippen LogP contribution in [0.4, 0.5) is 4.39 Å². The minimum atomic E-state index is -0.174. The van der Waals surface area contributed by atoms with E-state index in [1.165, 1.54) is 77.0 Å². The largest absolute Gasteiger partial charge is 0.206 e. The summed E-state index contributed by atoms with van der Waals surface area (Å²) in [6, 6.07) is 9.60. The predicted octanol–water partition coefficient (Wildman–Crippen LogP) is 8.72. The maximum Gasteiger partial charge on any atom is 0.132 e. The molecule has 2 aromatic rings. The number of rotatable bonds is 13. The van der Waals surface area contributed by atoms with Gasteiger partial charge in [0.15, 0.2) is 0 Å². The summed E-state index contributed by atoms with van der Waals surface area (Å²) in [6.07, 6.45) is 19.1. The van der Waals surface area contributed by atoms with Crippen LogP contribution in [-0.2, 0) is 12.8 Å². The van der Waals surface area contributed by atoms with Crippen LogP contribution in [-0.4, -0.2) is 10.2 Å². The molecule has 1 fully saturated rings. The van der Waals surface area contributed by atoms with Gasteiger partial charge in [0.25, 0.3) is 0 Å². The van der Waals surface area contributed by atoms with Crippen LogP contribution >= 0.6 is 0 Å². The molecule has 0 radical (unpaired) electrons. The molecule has 3 rings (SSSR count). The summed E-state index contributed by atoms with van der Waals surface area (Å²) in [7, 11) is 0. The van der Waals surface area contributed by atoms with Crippen molar-refractivity contribution in [2.75, 3.05) is 0 Å². The number of aromatic nitrogens is 2. The Hall–Kier alpha value is -1.77. The maximum absolute atomic E-state index is 14.8. The number of benzene rings is 1. The summed E-state index contributed by atoms with van der Waals surface area (Å²) in [5.41, 5.74) is 3.30. The van der Waals surface area contributed by atoms with Crippen LogP contribution in [0.1, 0.15) is 109 Å². The number of halogens is 1. The van der Waals surface area contributed by atoms with E-state index in [-0.39, 0.29) is 5.82 Å². The van der Waals surface area contributed by atoms with Crippen LogP contribution in [0.5, 0.6) is 0 Å². The highest BCUT2D eigenvalue weighted by molar-refractivity contribution is 5.59. The van der Waals surface area contributed by atoms with Crippen molar-refractivity contribution in [2.24, 2.45) is 11.8 Å². The van der Waals surface area contributed by atoms with Crippen molar-refractivity contribution in [3.05, 3.63) is 47.4 Å². The van der Waals surface area contributed by atoms with Crippen LogP contribution in [0.2, 0.25) is 0 Å². The van der Waals surface area contributed by atoms with Crippen molar-refractivity contribution in [1.82, 2.24) is 10.2 Å². The molecule has 0 bridgehead atoms. The summed E-state index contributed by atoms with van der Waals surface area (Å²) >= 11 is 0. The molecular formula is C29H43FN2.